The Hall–Kier alpha value is -4.47. The summed E-state index contributed by atoms with van der Waals surface area (Å²) in [4.78, 5) is 0. The van der Waals surface area contributed by atoms with Crippen LogP contribution in [-0.4, -0.2) is 28.7 Å². The molecule has 0 aliphatic heterocycles. The van der Waals surface area contributed by atoms with E-state index >= 15 is 0 Å². The summed E-state index contributed by atoms with van der Waals surface area (Å²) in [6.45, 7) is 0. The average Bonchev–Trinajstić information content (AvgIpc) is 3.21. The summed E-state index contributed by atoms with van der Waals surface area (Å²) in [5.74, 6) is 0.466. The maximum absolute atomic E-state index is 9.14. The molecule has 2 aliphatic carbocycles. The molecule has 0 atom stereocenters. The summed E-state index contributed by atoms with van der Waals surface area (Å²) in [5, 5.41) is 26.3. The molecule has 2 fully saturated rings. The highest BCUT2D eigenvalue weighted by atomic mass is 31.1. The fraction of sp³-hybridized carbons (Fsp3) is 0.250. The fourth-order valence-corrected chi connectivity index (χ4v) is 12.6. The second-order valence-electron chi connectivity index (χ2n) is 14.8. The van der Waals surface area contributed by atoms with Gasteiger partial charge >= 0.3 is 7.32 Å². The SMILES string of the molecule is OB(O)Oc1cccc2ccc3cc4ccccc4cc3c12.c1ccc(-c2cc(-c3ccccc3)cc(P(C3CCCCC3)C3CCCCC3)c2)cc1. The lowest BCUT2D eigenvalue weighted by Crippen LogP contribution is -2.26. The van der Waals surface area contributed by atoms with Gasteiger partial charge in [0, 0.05) is 5.39 Å². The third-order valence-electron chi connectivity index (χ3n) is 11.3. The molecule has 5 heteroatoms. The van der Waals surface area contributed by atoms with E-state index in [4.69, 9.17) is 14.7 Å². The zero-order valence-electron chi connectivity index (χ0n) is 30.4. The number of hydrogen-bond donors (Lipinski definition) is 2. The van der Waals surface area contributed by atoms with Gasteiger partial charge in [-0.25, -0.2) is 0 Å². The van der Waals surface area contributed by atoms with E-state index in [1.807, 2.05) is 30.3 Å². The van der Waals surface area contributed by atoms with Crippen molar-refractivity contribution in [3.05, 3.63) is 146 Å². The summed E-state index contributed by atoms with van der Waals surface area (Å²) in [6, 6.07) is 51.7. The highest BCUT2D eigenvalue weighted by Crippen LogP contribution is 2.55. The molecule has 3 nitrogen and oxygen atoms in total. The Morgan fingerprint density at radius 1 is 0.453 bits per heavy atom. The van der Waals surface area contributed by atoms with Gasteiger partial charge in [-0.1, -0.05) is 156 Å². The third-order valence-corrected chi connectivity index (χ3v) is 14.7. The minimum absolute atomic E-state index is 0.105. The highest BCUT2D eigenvalue weighted by molar-refractivity contribution is 7.67. The minimum atomic E-state index is -1.83. The molecule has 0 unspecified atom stereocenters. The van der Waals surface area contributed by atoms with Gasteiger partial charge in [0.15, 0.2) is 0 Å². The molecule has 53 heavy (non-hydrogen) atoms. The van der Waals surface area contributed by atoms with Crippen molar-refractivity contribution in [3.63, 3.8) is 0 Å². The monoisotopic (exact) mass is 714 g/mol. The molecule has 0 heterocycles. The molecule has 2 aliphatic rings. The highest BCUT2D eigenvalue weighted by Gasteiger charge is 2.32. The zero-order valence-corrected chi connectivity index (χ0v) is 31.3. The van der Waals surface area contributed by atoms with E-state index in [1.165, 1.54) is 91.8 Å². The maximum Gasteiger partial charge on any atom is 0.707 e. The lowest BCUT2D eigenvalue weighted by atomic mass is 9.97. The lowest BCUT2D eigenvalue weighted by molar-refractivity contribution is 0.289. The first-order valence-electron chi connectivity index (χ1n) is 19.5. The van der Waals surface area contributed by atoms with Crippen LogP contribution in [0.25, 0.3) is 54.6 Å². The smallest absolute Gasteiger partial charge is 0.511 e. The molecule has 0 radical (unpaired) electrons. The van der Waals surface area contributed by atoms with E-state index in [-0.39, 0.29) is 7.92 Å². The molecule has 0 spiro atoms. The van der Waals surface area contributed by atoms with Crippen LogP contribution in [-0.2, 0) is 0 Å². The minimum Gasteiger partial charge on any atom is -0.511 e. The van der Waals surface area contributed by atoms with Crippen molar-refractivity contribution in [1.82, 2.24) is 0 Å². The third kappa shape index (κ3) is 8.21. The Labute approximate surface area is 315 Å². The van der Waals surface area contributed by atoms with Crippen molar-refractivity contribution in [2.45, 2.75) is 75.5 Å². The second-order valence-corrected chi connectivity index (χ2v) is 17.6. The number of rotatable bonds is 7. The first kappa shape index (κ1) is 35.6. The number of fused-ring (bicyclic) bond motifs is 4. The van der Waals surface area contributed by atoms with E-state index in [0.717, 1.165) is 38.2 Å². The van der Waals surface area contributed by atoms with E-state index in [9.17, 15) is 0 Å². The summed E-state index contributed by atoms with van der Waals surface area (Å²) < 4.78 is 5.16. The molecular weight excluding hydrogens is 666 g/mol. The van der Waals surface area contributed by atoms with Crippen LogP contribution in [0.1, 0.15) is 64.2 Å². The molecule has 2 saturated carbocycles. The number of hydrogen-bond acceptors (Lipinski definition) is 3. The second kappa shape index (κ2) is 16.7. The van der Waals surface area contributed by atoms with Gasteiger partial charge in [0.25, 0.3) is 0 Å². The Balaban J connectivity index is 0.000000160. The topological polar surface area (TPSA) is 49.7 Å². The molecule has 2 N–H and O–H groups in total. The average molecular weight is 715 g/mol. The van der Waals surface area contributed by atoms with Crippen LogP contribution in [0.15, 0.2) is 146 Å². The Bertz CT molecular complexity index is 2200. The maximum atomic E-state index is 9.14. The Morgan fingerprint density at radius 3 is 1.53 bits per heavy atom. The Kier molecular flexibility index (Phi) is 11.2. The first-order valence-corrected chi connectivity index (χ1v) is 21.0. The van der Waals surface area contributed by atoms with Crippen molar-refractivity contribution >= 4 is 52.9 Å². The molecule has 9 rings (SSSR count). The van der Waals surface area contributed by atoms with Crippen LogP contribution in [0, 0.1) is 0 Å². The van der Waals surface area contributed by atoms with Gasteiger partial charge in [0.05, 0.1) is 0 Å². The van der Waals surface area contributed by atoms with Gasteiger partial charge in [-0.3, -0.25) is 0 Å². The first-order chi connectivity index (χ1) is 26.1. The van der Waals surface area contributed by atoms with Gasteiger partial charge in [-0.05, 0) is 128 Å². The molecule has 7 aromatic rings. The summed E-state index contributed by atoms with van der Waals surface area (Å²) >= 11 is 0. The predicted molar refractivity (Wildman–Crippen MR) is 227 cm³/mol. The fourth-order valence-electron chi connectivity index (χ4n) is 8.77. The van der Waals surface area contributed by atoms with E-state index in [2.05, 4.69) is 109 Å². The van der Waals surface area contributed by atoms with Crippen molar-refractivity contribution in [3.8, 4) is 28.0 Å². The van der Waals surface area contributed by atoms with Gasteiger partial charge < -0.3 is 14.7 Å². The van der Waals surface area contributed by atoms with Crippen LogP contribution < -0.4 is 9.96 Å². The lowest BCUT2D eigenvalue weighted by Gasteiger charge is -2.39. The molecule has 0 saturated heterocycles. The molecule has 7 aromatic carbocycles. The van der Waals surface area contributed by atoms with Gasteiger partial charge in [-0.2, -0.15) is 0 Å². The van der Waals surface area contributed by atoms with Crippen LogP contribution >= 0.6 is 7.92 Å². The van der Waals surface area contributed by atoms with E-state index < -0.39 is 7.32 Å². The summed E-state index contributed by atoms with van der Waals surface area (Å²) in [6.07, 6.45) is 14.5. The van der Waals surface area contributed by atoms with Crippen molar-refractivity contribution in [2.24, 2.45) is 0 Å². The number of benzene rings is 7. The van der Waals surface area contributed by atoms with Gasteiger partial charge in [0.2, 0.25) is 0 Å². The van der Waals surface area contributed by atoms with Gasteiger partial charge in [0.1, 0.15) is 5.75 Å². The zero-order chi connectivity index (χ0) is 36.0. The van der Waals surface area contributed by atoms with E-state index in [1.54, 1.807) is 11.4 Å². The van der Waals surface area contributed by atoms with Crippen molar-refractivity contribution < 1.29 is 14.7 Å². The van der Waals surface area contributed by atoms with Crippen LogP contribution in [0.5, 0.6) is 5.75 Å². The molecule has 266 valence electrons. The summed E-state index contributed by atoms with van der Waals surface area (Å²) in [5.41, 5.74) is 7.36. The molecule has 0 bridgehead atoms. The quantitative estimate of drug-likeness (QED) is 0.0748. The largest absolute Gasteiger partial charge is 0.707 e. The molecule has 0 aromatic heterocycles. The summed E-state index contributed by atoms with van der Waals surface area (Å²) in [7, 11) is -1.94. The Morgan fingerprint density at radius 2 is 0.962 bits per heavy atom. The normalized spacial score (nSPS) is 15.4. The van der Waals surface area contributed by atoms with Crippen LogP contribution in [0.4, 0.5) is 0 Å². The van der Waals surface area contributed by atoms with Crippen LogP contribution in [0.3, 0.4) is 0 Å². The predicted octanol–water partition coefficient (Wildman–Crippen LogP) is 12.3. The standard InChI is InChI=1S/C30H35P.C18H13BO3/c1-5-13-24(14-6-1)26-21-27(25-15-7-2-8-16-25)23-30(22-26)31(28-17-9-3-10-18-28)29-19-11-4-12-20-29;20-19(21)22-17-7-3-6-12-8-9-15-10-13-4-1-2-5-14(13)11-16(15)18(12)17/h1-2,5-8,13-16,21-23,28-29H,3-4,9-12,17-20H2;1-11,20-21H. The van der Waals surface area contributed by atoms with Crippen molar-refractivity contribution in [1.29, 1.82) is 0 Å². The van der Waals surface area contributed by atoms with Crippen molar-refractivity contribution in [2.75, 3.05) is 0 Å². The molecule has 0 amide bonds. The van der Waals surface area contributed by atoms with Gasteiger partial charge in [-0.15, -0.1) is 0 Å². The molecular formula is C48H48BO3P. The van der Waals surface area contributed by atoms with E-state index in [0.29, 0.717) is 5.75 Å². The van der Waals surface area contributed by atoms with Crippen LogP contribution in [0.2, 0.25) is 0 Å².